The average molecular weight is 238 g/mol. The molecule has 0 aliphatic carbocycles. The van der Waals surface area contributed by atoms with Gasteiger partial charge < -0.3 is 14.0 Å². The second-order valence-electron chi connectivity index (χ2n) is 6.19. The molecule has 2 atom stereocenters. The van der Waals surface area contributed by atoms with Crippen molar-refractivity contribution in [2.75, 3.05) is 0 Å². The number of rotatable bonds is 1. The van der Waals surface area contributed by atoms with Crippen molar-refractivity contribution in [1.29, 1.82) is 0 Å². The van der Waals surface area contributed by atoms with E-state index >= 15 is 0 Å². The fourth-order valence-corrected chi connectivity index (χ4v) is 2.32. The Labute approximate surface area is 105 Å². The Kier molecular flexibility index (Phi) is 3.17. The molecule has 17 heavy (non-hydrogen) atoms. The van der Waals surface area contributed by atoms with Gasteiger partial charge in [0.05, 0.1) is 23.4 Å². The van der Waals surface area contributed by atoms with E-state index in [1.165, 1.54) is 5.47 Å². The maximum Gasteiger partial charge on any atom is 0.490 e. The molecule has 0 aromatic rings. The van der Waals surface area contributed by atoms with Crippen LogP contribution in [-0.2, 0) is 14.0 Å². The van der Waals surface area contributed by atoms with E-state index in [2.05, 4.69) is 47.6 Å². The SMILES string of the molecule is C[C@@H]1C=C(B2OC(C)(C)C(C)(C)O2)C[C@@H](C)O1. The fraction of sp³-hybridized carbons (Fsp3) is 0.846. The van der Waals surface area contributed by atoms with Gasteiger partial charge in [-0.15, -0.1) is 0 Å². The summed E-state index contributed by atoms with van der Waals surface area (Å²) in [6.45, 7) is 12.5. The highest BCUT2D eigenvalue weighted by atomic mass is 16.7. The first kappa shape index (κ1) is 13.1. The van der Waals surface area contributed by atoms with Crippen LogP contribution in [0.15, 0.2) is 11.5 Å². The van der Waals surface area contributed by atoms with E-state index in [-0.39, 0.29) is 30.5 Å². The van der Waals surface area contributed by atoms with Crippen molar-refractivity contribution in [3.05, 3.63) is 11.5 Å². The standard InChI is InChI=1S/C13H23BO3/c1-9-7-11(8-10(2)15-9)14-16-12(3,4)13(5,6)17-14/h7,9-10H,8H2,1-6H3/t9-,10-/m1/s1. The molecule has 2 rings (SSSR count). The van der Waals surface area contributed by atoms with Crippen LogP contribution in [0.5, 0.6) is 0 Å². The minimum atomic E-state index is -0.261. The maximum absolute atomic E-state index is 6.05. The first-order chi connectivity index (χ1) is 7.71. The zero-order chi connectivity index (χ0) is 12.8. The van der Waals surface area contributed by atoms with Crippen LogP contribution in [0.25, 0.3) is 0 Å². The molecule has 0 aromatic carbocycles. The summed E-state index contributed by atoms with van der Waals surface area (Å²) >= 11 is 0. The van der Waals surface area contributed by atoms with Crippen LogP contribution in [-0.4, -0.2) is 30.5 Å². The van der Waals surface area contributed by atoms with E-state index < -0.39 is 0 Å². The molecule has 2 aliphatic rings. The Morgan fingerprint density at radius 3 is 2.12 bits per heavy atom. The van der Waals surface area contributed by atoms with Crippen LogP contribution in [0.2, 0.25) is 0 Å². The van der Waals surface area contributed by atoms with Crippen LogP contribution in [0.1, 0.15) is 48.0 Å². The van der Waals surface area contributed by atoms with Gasteiger partial charge in [0.15, 0.2) is 0 Å². The lowest BCUT2D eigenvalue weighted by Crippen LogP contribution is -2.41. The van der Waals surface area contributed by atoms with Crippen LogP contribution in [0, 0.1) is 0 Å². The van der Waals surface area contributed by atoms with E-state index in [1.54, 1.807) is 0 Å². The predicted octanol–water partition coefficient (Wildman–Crippen LogP) is 2.74. The molecule has 0 unspecified atom stereocenters. The van der Waals surface area contributed by atoms with Crippen LogP contribution in [0.4, 0.5) is 0 Å². The Morgan fingerprint density at radius 2 is 1.65 bits per heavy atom. The van der Waals surface area contributed by atoms with E-state index in [0.29, 0.717) is 0 Å². The minimum Gasteiger partial charge on any atom is -0.400 e. The zero-order valence-corrected chi connectivity index (χ0v) is 11.7. The molecule has 4 heteroatoms. The first-order valence-corrected chi connectivity index (χ1v) is 6.43. The van der Waals surface area contributed by atoms with Crippen LogP contribution < -0.4 is 0 Å². The van der Waals surface area contributed by atoms with Gasteiger partial charge in [-0.3, -0.25) is 0 Å². The monoisotopic (exact) mass is 238 g/mol. The van der Waals surface area contributed by atoms with E-state index in [0.717, 1.165) is 6.42 Å². The number of hydrogen-bond acceptors (Lipinski definition) is 3. The Hall–Kier alpha value is -0.315. The molecule has 0 spiro atoms. The second kappa shape index (κ2) is 4.11. The van der Waals surface area contributed by atoms with Gasteiger partial charge in [0.2, 0.25) is 0 Å². The Balaban J connectivity index is 2.16. The Bertz CT molecular complexity index is 320. The van der Waals surface area contributed by atoms with Gasteiger partial charge >= 0.3 is 7.12 Å². The molecule has 0 amide bonds. The van der Waals surface area contributed by atoms with Gasteiger partial charge in [-0.1, -0.05) is 6.08 Å². The highest BCUT2D eigenvalue weighted by Gasteiger charge is 2.52. The first-order valence-electron chi connectivity index (χ1n) is 6.43. The van der Waals surface area contributed by atoms with Crippen LogP contribution in [0.3, 0.4) is 0 Å². The van der Waals surface area contributed by atoms with Gasteiger partial charge in [-0.05, 0) is 53.4 Å². The third-order valence-electron chi connectivity index (χ3n) is 3.97. The molecule has 2 heterocycles. The van der Waals surface area contributed by atoms with Crippen molar-refractivity contribution in [3.63, 3.8) is 0 Å². The summed E-state index contributed by atoms with van der Waals surface area (Å²) in [7, 11) is -0.214. The lowest BCUT2D eigenvalue weighted by molar-refractivity contribution is 0.00578. The summed E-state index contributed by atoms with van der Waals surface area (Å²) in [5.41, 5.74) is 0.696. The third kappa shape index (κ3) is 2.44. The smallest absolute Gasteiger partial charge is 0.400 e. The summed E-state index contributed by atoms with van der Waals surface area (Å²) in [6.07, 6.45) is 3.40. The molecule has 0 N–H and O–H groups in total. The van der Waals surface area contributed by atoms with Gasteiger partial charge in [-0.25, -0.2) is 0 Å². The van der Waals surface area contributed by atoms with Crippen molar-refractivity contribution in [2.45, 2.75) is 71.4 Å². The van der Waals surface area contributed by atoms with Crippen molar-refractivity contribution in [1.82, 2.24) is 0 Å². The van der Waals surface area contributed by atoms with Crippen molar-refractivity contribution in [2.24, 2.45) is 0 Å². The highest BCUT2D eigenvalue weighted by Crippen LogP contribution is 2.40. The largest absolute Gasteiger partial charge is 0.490 e. The van der Waals surface area contributed by atoms with E-state index in [9.17, 15) is 0 Å². The van der Waals surface area contributed by atoms with Gasteiger partial charge in [-0.2, -0.15) is 0 Å². The van der Waals surface area contributed by atoms with Crippen molar-refractivity contribution in [3.8, 4) is 0 Å². The lowest BCUT2D eigenvalue weighted by Gasteiger charge is -2.32. The molecular weight excluding hydrogens is 215 g/mol. The Morgan fingerprint density at radius 1 is 1.12 bits per heavy atom. The summed E-state index contributed by atoms with van der Waals surface area (Å²) in [5.74, 6) is 0. The molecule has 3 nitrogen and oxygen atoms in total. The number of ether oxygens (including phenoxy) is 1. The molecule has 0 aromatic heterocycles. The van der Waals surface area contributed by atoms with Gasteiger partial charge in [0, 0.05) is 0 Å². The molecule has 2 aliphatic heterocycles. The maximum atomic E-state index is 6.05. The lowest BCUT2D eigenvalue weighted by atomic mass is 9.73. The minimum absolute atomic E-state index is 0.146. The van der Waals surface area contributed by atoms with E-state index in [4.69, 9.17) is 14.0 Å². The summed E-state index contributed by atoms with van der Waals surface area (Å²) in [5, 5.41) is 0. The third-order valence-corrected chi connectivity index (χ3v) is 3.97. The van der Waals surface area contributed by atoms with E-state index in [1.807, 2.05) is 0 Å². The summed E-state index contributed by atoms with van der Waals surface area (Å²) < 4.78 is 17.8. The summed E-state index contributed by atoms with van der Waals surface area (Å²) in [4.78, 5) is 0. The molecule has 0 radical (unpaired) electrons. The normalized spacial score (nSPS) is 35.9. The van der Waals surface area contributed by atoms with Gasteiger partial charge in [0.25, 0.3) is 0 Å². The predicted molar refractivity (Wildman–Crippen MR) is 68.8 cm³/mol. The molecule has 0 saturated carbocycles. The quantitative estimate of drug-likeness (QED) is 0.657. The molecule has 1 fully saturated rings. The molecule has 1 saturated heterocycles. The fourth-order valence-electron chi connectivity index (χ4n) is 2.32. The van der Waals surface area contributed by atoms with Crippen LogP contribution >= 0.6 is 0 Å². The molecule has 0 bridgehead atoms. The van der Waals surface area contributed by atoms with Crippen molar-refractivity contribution < 1.29 is 14.0 Å². The summed E-state index contributed by atoms with van der Waals surface area (Å²) in [6, 6.07) is 0. The van der Waals surface area contributed by atoms with Gasteiger partial charge in [0.1, 0.15) is 0 Å². The zero-order valence-electron chi connectivity index (χ0n) is 11.7. The number of hydrogen-bond donors (Lipinski definition) is 0. The van der Waals surface area contributed by atoms with Crippen molar-refractivity contribution >= 4 is 7.12 Å². The topological polar surface area (TPSA) is 27.7 Å². The molecule has 96 valence electrons. The molecular formula is C13H23BO3. The average Bonchev–Trinajstić information content (AvgIpc) is 2.34. The highest BCUT2D eigenvalue weighted by molar-refractivity contribution is 6.54. The second-order valence-corrected chi connectivity index (χ2v) is 6.19.